The molecule has 1 unspecified atom stereocenters. The highest BCUT2D eigenvalue weighted by atomic mass is 19.4. The number of nitrogen functional groups attached to an aromatic ring is 1. The van der Waals surface area contributed by atoms with Crippen molar-refractivity contribution < 1.29 is 13.2 Å². The second-order valence-corrected chi connectivity index (χ2v) is 4.21. The lowest BCUT2D eigenvalue weighted by molar-refractivity contribution is -0.131. The van der Waals surface area contributed by atoms with Crippen LogP contribution in [0.15, 0.2) is 0 Å². The first-order chi connectivity index (χ1) is 8.80. The summed E-state index contributed by atoms with van der Waals surface area (Å²) in [6, 6.07) is 1.84. The van der Waals surface area contributed by atoms with E-state index in [1.165, 1.54) is 4.68 Å². The molecule has 19 heavy (non-hydrogen) atoms. The first-order valence-electron chi connectivity index (χ1n) is 5.88. The van der Waals surface area contributed by atoms with E-state index >= 15 is 0 Å². The predicted molar refractivity (Wildman–Crippen MR) is 65.5 cm³/mol. The molecule has 1 aromatic heterocycles. The minimum Gasteiger partial charge on any atom is -0.383 e. The molecule has 0 aromatic carbocycles. The highest BCUT2D eigenvalue weighted by Crippen LogP contribution is 2.26. The number of hydrogen-bond donors (Lipinski definition) is 2. The molecular formula is C11H16F3N5. The molecule has 1 aromatic rings. The summed E-state index contributed by atoms with van der Waals surface area (Å²) < 4.78 is 37.6. The smallest absolute Gasteiger partial charge is 0.383 e. The van der Waals surface area contributed by atoms with Crippen LogP contribution in [0.4, 0.5) is 24.8 Å². The fraction of sp³-hybridized carbons (Fsp3) is 0.636. The fourth-order valence-corrected chi connectivity index (χ4v) is 1.51. The molecule has 0 radical (unpaired) electrons. The normalized spacial score (nSPS) is 13.1. The molecule has 0 amide bonds. The molecule has 3 N–H and O–H groups in total. The summed E-state index contributed by atoms with van der Waals surface area (Å²) in [4.78, 5) is 0. The van der Waals surface area contributed by atoms with Gasteiger partial charge in [-0.1, -0.05) is 6.92 Å². The lowest BCUT2D eigenvalue weighted by Gasteiger charge is -2.10. The monoisotopic (exact) mass is 275 g/mol. The molecule has 0 aliphatic heterocycles. The van der Waals surface area contributed by atoms with Crippen LogP contribution in [0, 0.1) is 11.3 Å². The Labute approximate surface area is 109 Å². The Bertz CT molecular complexity index is 472. The van der Waals surface area contributed by atoms with Gasteiger partial charge in [-0.3, -0.25) is 0 Å². The number of halogens is 3. The zero-order valence-corrected chi connectivity index (χ0v) is 10.8. The van der Waals surface area contributed by atoms with Gasteiger partial charge in [0.15, 0.2) is 5.82 Å². The van der Waals surface area contributed by atoms with Gasteiger partial charge in [0.2, 0.25) is 0 Å². The quantitative estimate of drug-likeness (QED) is 0.865. The second-order valence-electron chi connectivity index (χ2n) is 4.21. The summed E-state index contributed by atoms with van der Waals surface area (Å²) in [5.41, 5.74) is 5.85. The first kappa shape index (κ1) is 15.1. The maximum absolute atomic E-state index is 12.1. The number of alkyl halides is 3. The van der Waals surface area contributed by atoms with Gasteiger partial charge in [-0.15, -0.1) is 0 Å². The van der Waals surface area contributed by atoms with Crippen molar-refractivity contribution in [3.8, 4) is 6.07 Å². The Kier molecular flexibility index (Phi) is 4.64. The first-order valence-corrected chi connectivity index (χ1v) is 5.88. The Hall–Kier alpha value is -1.91. The van der Waals surface area contributed by atoms with Crippen molar-refractivity contribution >= 4 is 11.6 Å². The van der Waals surface area contributed by atoms with Gasteiger partial charge in [-0.2, -0.15) is 23.5 Å². The molecule has 0 saturated carbocycles. The Morgan fingerprint density at radius 3 is 2.63 bits per heavy atom. The van der Waals surface area contributed by atoms with Crippen LogP contribution in [-0.2, 0) is 0 Å². The molecular weight excluding hydrogens is 259 g/mol. The van der Waals surface area contributed by atoms with Gasteiger partial charge in [-0.25, -0.2) is 4.68 Å². The summed E-state index contributed by atoms with van der Waals surface area (Å²) >= 11 is 0. The molecule has 0 aliphatic rings. The van der Waals surface area contributed by atoms with Gasteiger partial charge in [0.1, 0.15) is 17.5 Å². The number of aromatic nitrogens is 2. The van der Waals surface area contributed by atoms with Crippen molar-refractivity contribution in [2.24, 2.45) is 0 Å². The summed E-state index contributed by atoms with van der Waals surface area (Å²) in [6.07, 6.45) is -4.49. The summed E-state index contributed by atoms with van der Waals surface area (Å²) in [6.45, 7) is 3.45. The Morgan fingerprint density at radius 1 is 1.53 bits per heavy atom. The third-order valence-electron chi connectivity index (χ3n) is 2.77. The second kappa shape index (κ2) is 5.82. The molecule has 0 spiro atoms. The predicted octanol–water partition coefficient (Wildman–Crippen LogP) is 2.67. The van der Waals surface area contributed by atoms with Crippen molar-refractivity contribution in [1.82, 2.24) is 9.78 Å². The van der Waals surface area contributed by atoms with Gasteiger partial charge >= 0.3 is 6.18 Å². The number of nitriles is 1. The third-order valence-corrected chi connectivity index (χ3v) is 2.77. The Morgan fingerprint density at radius 2 is 2.16 bits per heavy atom. The molecule has 5 nitrogen and oxygen atoms in total. The maximum Gasteiger partial charge on any atom is 0.390 e. The van der Waals surface area contributed by atoms with Crippen LogP contribution in [0.5, 0.6) is 0 Å². The van der Waals surface area contributed by atoms with Crippen LogP contribution in [0.3, 0.4) is 0 Å². The van der Waals surface area contributed by atoms with E-state index in [9.17, 15) is 13.2 Å². The maximum atomic E-state index is 12.1. The number of hydrogen-bond acceptors (Lipinski definition) is 4. The van der Waals surface area contributed by atoms with Gasteiger partial charge < -0.3 is 11.1 Å². The molecule has 1 atom stereocenters. The lowest BCUT2D eigenvalue weighted by Crippen LogP contribution is -2.15. The van der Waals surface area contributed by atoms with Crippen LogP contribution >= 0.6 is 0 Å². The van der Waals surface area contributed by atoms with E-state index in [1.54, 1.807) is 0 Å². The number of anilines is 2. The van der Waals surface area contributed by atoms with Gasteiger partial charge in [0, 0.05) is 6.54 Å². The molecule has 0 fully saturated rings. The number of rotatable bonds is 5. The van der Waals surface area contributed by atoms with Crippen molar-refractivity contribution in [2.75, 3.05) is 17.6 Å². The number of nitrogens with zero attached hydrogens (tertiary/aromatic N) is 3. The summed E-state index contributed by atoms with van der Waals surface area (Å²) in [5.74, 6) is 0.274. The van der Waals surface area contributed by atoms with Crippen molar-refractivity contribution in [2.45, 2.75) is 38.9 Å². The average molecular weight is 275 g/mol. The highest BCUT2D eigenvalue weighted by molar-refractivity contribution is 5.63. The summed E-state index contributed by atoms with van der Waals surface area (Å²) in [5, 5.41) is 15.5. The molecule has 1 rings (SSSR count). The van der Waals surface area contributed by atoms with Crippen LogP contribution < -0.4 is 11.1 Å². The van der Waals surface area contributed by atoms with Crippen molar-refractivity contribution in [3.05, 3.63) is 5.56 Å². The molecule has 0 saturated heterocycles. The topological polar surface area (TPSA) is 79.7 Å². The van der Waals surface area contributed by atoms with E-state index in [4.69, 9.17) is 11.0 Å². The lowest BCUT2D eigenvalue weighted by atomic mass is 10.2. The molecule has 0 aliphatic carbocycles. The zero-order chi connectivity index (χ0) is 14.6. The van der Waals surface area contributed by atoms with Crippen LogP contribution in [0.1, 0.15) is 38.3 Å². The zero-order valence-electron chi connectivity index (χ0n) is 10.8. The van der Waals surface area contributed by atoms with E-state index in [1.807, 2.05) is 19.9 Å². The largest absolute Gasteiger partial charge is 0.390 e. The average Bonchev–Trinajstić information content (AvgIpc) is 2.63. The van der Waals surface area contributed by atoms with E-state index in [0.717, 1.165) is 6.42 Å². The SMILES string of the molecule is CCC(C)n1nc(NCCC(F)(F)F)c(C#N)c1N. The highest BCUT2D eigenvalue weighted by Gasteiger charge is 2.27. The molecule has 8 heteroatoms. The van der Waals surface area contributed by atoms with E-state index < -0.39 is 12.6 Å². The standard InChI is InChI=1S/C11H16F3N5/c1-3-7(2)19-9(16)8(6-15)10(18-19)17-5-4-11(12,13)14/h7H,3-5,16H2,1-2H3,(H,17,18). The minimum absolute atomic E-state index is 0.0229. The van der Waals surface area contributed by atoms with Crippen molar-refractivity contribution in [3.63, 3.8) is 0 Å². The van der Waals surface area contributed by atoms with E-state index in [-0.39, 0.29) is 29.8 Å². The molecule has 1 heterocycles. The van der Waals surface area contributed by atoms with Gasteiger partial charge in [-0.05, 0) is 13.3 Å². The van der Waals surface area contributed by atoms with Gasteiger partial charge in [0.05, 0.1) is 12.5 Å². The third kappa shape index (κ3) is 3.77. The minimum atomic E-state index is -4.25. The number of nitrogens with one attached hydrogen (secondary N) is 1. The summed E-state index contributed by atoms with van der Waals surface area (Å²) in [7, 11) is 0. The van der Waals surface area contributed by atoms with E-state index in [2.05, 4.69) is 10.4 Å². The fourth-order valence-electron chi connectivity index (χ4n) is 1.51. The van der Waals surface area contributed by atoms with Crippen LogP contribution in [-0.4, -0.2) is 22.5 Å². The van der Waals surface area contributed by atoms with E-state index in [0.29, 0.717) is 0 Å². The Balaban J connectivity index is 2.87. The van der Waals surface area contributed by atoms with Crippen LogP contribution in [0.25, 0.3) is 0 Å². The van der Waals surface area contributed by atoms with Gasteiger partial charge in [0.25, 0.3) is 0 Å². The van der Waals surface area contributed by atoms with Crippen molar-refractivity contribution in [1.29, 1.82) is 5.26 Å². The molecule has 106 valence electrons. The molecule has 0 bridgehead atoms. The number of nitrogens with two attached hydrogens (primary N) is 1. The van der Waals surface area contributed by atoms with Crippen LogP contribution in [0.2, 0.25) is 0 Å².